The maximum Gasteiger partial charge on any atom is 0.328 e. The molecule has 664 valence electrons. The molecule has 0 saturated carbocycles. The highest BCUT2D eigenvalue weighted by Crippen LogP contribution is 2.25. The van der Waals surface area contributed by atoms with E-state index in [0.29, 0.717) is 18.4 Å². The number of primary amides is 1. The molecule has 2 saturated heterocycles. The lowest BCUT2D eigenvalue weighted by atomic mass is 9.99. The van der Waals surface area contributed by atoms with Gasteiger partial charge >= 0.3 is 5.97 Å². The fourth-order valence-corrected chi connectivity index (χ4v) is 13.6. The van der Waals surface area contributed by atoms with Crippen LogP contribution in [0.15, 0.2) is 41.7 Å². The second-order valence-electron chi connectivity index (χ2n) is 30.9. The van der Waals surface area contributed by atoms with Crippen LogP contribution in [0.5, 0.6) is 5.75 Å². The van der Waals surface area contributed by atoms with E-state index in [9.17, 15) is 103 Å². The van der Waals surface area contributed by atoms with Gasteiger partial charge in [0.2, 0.25) is 70.9 Å². The number of unbranched alkanes of at least 4 members (excludes halogenated alkanes) is 10. The number of aliphatic hydroxyl groups excluding tert-OH is 5. The van der Waals surface area contributed by atoms with Gasteiger partial charge in [-0.25, -0.2) is 4.79 Å². The van der Waals surface area contributed by atoms with Crippen LogP contribution >= 0.6 is 12.4 Å². The molecule has 0 aliphatic carbocycles. The first kappa shape index (κ1) is 103. The summed E-state index contributed by atoms with van der Waals surface area (Å²) >= 11 is 0. The number of aliphatic imine (C=N–C) groups is 1. The van der Waals surface area contributed by atoms with E-state index in [-0.39, 0.29) is 95.0 Å². The highest BCUT2D eigenvalue weighted by Gasteiger charge is 2.45. The molecule has 2 aliphatic rings. The number of hydrogen-bond donors (Lipinski definition) is 18. The average molecular weight is 1690 g/mol. The number of amidine groups is 1. The number of ether oxygens (including phenoxy) is 1. The number of aryl methyl sites for hydroxylation is 2. The number of nitrogens with two attached hydrogens (primary N) is 3. The molecule has 118 heavy (non-hydrogen) atoms. The van der Waals surface area contributed by atoms with E-state index >= 15 is 0 Å². The number of esters is 1. The third-order valence-corrected chi connectivity index (χ3v) is 20.4. The minimum absolute atomic E-state index is 0. The number of phenols is 1. The molecule has 2 aromatic rings. The Morgan fingerprint density at radius 1 is 0.576 bits per heavy atom. The maximum atomic E-state index is 14.6. The highest BCUT2D eigenvalue weighted by atomic mass is 35.5. The molecule has 0 spiro atoms. The van der Waals surface area contributed by atoms with E-state index in [1.54, 1.807) is 13.8 Å². The van der Waals surface area contributed by atoms with Crippen molar-refractivity contribution < 1.29 is 112 Å². The van der Waals surface area contributed by atoms with Crippen molar-refractivity contribution in [2.24, 2.45) is 42.2 Å². The van der Waals surface area contributed by atoms with Crippen LogP contribution in [-0.2, 0) is 98.8 Å². The summed E-state index contributed by atoms with van der Waals surface area (Å²) in [5.74, 6) is -15.4. The number of carboxylic acids is 1. The molecule has 17 atom stereocenters. The van der Waals surface area contributed by atoms with Crippen LogP contribution in [0, 0.1) is 5.92 Å². The van der Waals surface area contributed by atoms with E-state index in [4.69, 9.17) is 21.9 Å². The van der Waals surface area contributed by atoms with Crippen molar-refractivity contribution in [3.63, 3.8) is 0 Å². The van der Waals surface area contributed by atoms with Crippen molar-refractivity contribution in [3.8, 4) is 5.75 Å². The van der Waals surface area contributed by atoms with Gasteiger partial charge in [-0.2, -0.15) is 4.68 Å². The number of carbonyl (C=O) groups excluding carboxylic acids is 14. The van der Waals surface area contributed by atoms with E-state index in [0.717, 1.165) is 81.1 Å². The Morgan fingerprint density at radius 2 is 1.08 bits per heavy atom. The number of benzene rings is 1. The van der Waals surface area contributed by atoms with Gasteiger partial charge in [-0.05, 0) is 110 Å². The zero-order valence-corrected chi connectivity index (χ0v) is 70.1. The van der Waals surface area contributed by atoms with Gasteiger partial charge in [-0.1, -0.05) is 97.1 Å². The normalized spacial score (nSPS) is 17.9. The molecular formula is C78H128ClN17O22. The largest absolute Gasteiger partial charge is 0.550 e. The summed E-state index contributed by atoms with van der Waals surface area (Å²) in [6, 6.07) is -11.8. The molecule has 4 rings (SSSR count). The Morgan fingerprint density at radius 3 is 1.59 bits per heavy atom. The first-order valence-corrected chi connectivity index (χ1v) is 40.4. The van der Waals surface area contributed by atoms with Crippen molar-refractivity contribution in [3.05, 3.63) is 47.8 Å². The predicted octanol–water partition coefficient (Wildman–Crippen LogP) is -4.61. The number of halogens is 1. The molecule has 1 aromatic carbocycles. The summed E-state index contributed by atoms with van der Waals surface area (Å²) in [7, 11) is 3.68. The minimum Gasteiger partial charge on any atom is -0.550 e. The standard InChI is InChI=1S/C78H127N17O22.ClH/c1-11-12-13-14-15-16-17-18-19-20-21-25-52(38-61(104)105)117-78(116)53(26-22-33-82-58(79)37-50-41-92(9)93(10)42-50)85-74(112)64(46(6)97)87-60(103)40-83-73(111)67(57(101)39-59(80)102)91-71(109)56-28-24-35-95(56)77(115)66(48(8)99)90-75(113)65(47(7)98)89-70(108)55-27-23-34-94(55)76(114)63(43(2)3)88-69(107)54(36-49-29-31-51(100)32-30-49)86-68(106)44(4)84-72(110)62(81)45(5)96;/h29-32,41-48,52-57,62-67,96-99,101H,11-28,33-40,81H2,1-10H3,(H14-,79,80,82,83,84,85,86,87,88,89,90,91,100,102,103,104,105,106,107,108,109,110,111,112,113);1H/t44-,45-,46-,47-,48-,52-,53+,54+,55+,56+,57-,62+,63+,64+,65+,66+,67+;/m1./s1. The van der Waals surface area contributed by atoms with Crippen LogP contribution in [0.3, 0.4) is 0 Å². The predicted molar refractivity (Wildman–Crippen MR) is 429 cm³/mol. The monoisotopic (exact) mass is 1690 g/mol. The van der Waals surface area contributed by atoms with Crippen LogP contribution in [0.1, 0.15) is 195 Å². The number of rotatable bonds is 52. The zero-order valence-electron chi connectivity index (χ0n) is 69.3. The van der Waals surface area contributed by atoms with Crippen LogP contribution in [-0.4, -0.2) is 263 Å². The molecule has 1 aromatic heterocycles. The van der Waals surface area contributed by atoms with Crippen molar-refractivity contribution in [1.29, 1.82) is 0 Å². The lowest BCUT2D eigenvalue weighted by Crippen LogP contribution is -2.63. The Kier molecular flexibility index (Phi) is 44.8. The molecule has 0 bridgehead atoms. The number of carboxylic acid groups (broad SMARTS) is 1. The van der Waals surface area contributed by atoms with Crippen LogP contribution in [0.2, 0.25) is 0 Å². The lowest BCUT2D eigenvalue weighted by molar-refractivity contribution is -0.751. The third-order valence-electron chi connectivity index (χ3n) is 20.4. The second kappa shape index (κ2) is 51.6. The van der Waals surface area contributed by atoms with Gasteiger partial charge in [-0.15, -0.1) is 17.1 Å². The quantitative estimate of drug-likeness (QED) is 0.00974. The van der Waals surface area contributed by atoms with Gasteiger partial charge in [0.1, 0.15) is 78.3 Å². The van der Waals surface area contributed by atoms with Crippen molar-refractivity contribution >= 4 is 101 Å². The molecular weight excluding hydrogens is 1560 g/mol. The van der Waals surface area contributed by atoms with Gasteiger partial charge in [-0.3, -0.25) is 62.5 Å². The minimum atomic E-state index is -2.10. The van der Waals surface area contributed by atoms with Gasteiger partial charge < -0.3 is 120 Å². The maximum absolute atomic E-state index is 14.6. The van der Waals surface area contributed by atoms with Crippen LogP contribution < -0.4 is 74.8 Å². The van der Waals surface area contributed by atoms with Gasteiger partial charge in [0, 0.05) is 50.4 Å². The number of aliphatic hydroxyl groups is 5. The Balaban J connectivity index is 0.0000360. The summed E-state index contributed by atoms with van der Waals surface area (Å²) in [5, 5.41) is 97.5. The summed E-state index contributed by atoms with van der Waals surface area (Å²) in [4.78, 5) is 199. The highest BCUT2D eigenvalue weighted by molar-refractivity contribution is 6.00. The Labute approximate surface area is 694 Å². The second-order valence-corrected chi connectivity index (χ2v) is 30.9. The summed E-state index contributed by atoms with van der Waals surface area (Å²) < 4.78 is 9.40. The number of phenolic OH excluding ortho intramolecular Hbond substituents is 1. The van der Waals surface area contributed by atoms with E-state index in [1.165, 1.54) is 57.4 Å². The van der Waals surface area contributed by atoms with Crippen LogP contribution in [0.25, 0.3) is 0 Å². The first-order chi connectivity index (χ1) is 55.1. The fourth-order valence-electron chi connectivity index (χ4n) is 13.6. The molecule has 0 unspecified atom stereocenters. The van der Waals surface area contributed by atoms with Gasteiger partial charge in [0.25, 0.3) is 0 Å². The fraction of sp³-hybridized carbons (Fsp3) is 0.692. The Bertz CT molecular complexity index is 3660. The number of hydrogen-bond acceptors (Lipinski definition) is 24. The number of aromatic hydroxyl groups is 1. The lowest BCUT2D eigenvalue weighted by Gasteiger charge is -2.33. The molecule has 2 aliphatic heterocycles. The number of likely N-dealkylation sites (tertiary alicyclic amines) is 2. The number of amides is 12. The molecule has 40 heteroatoms. The number of carbonyl (C=O) groups is 14. The van der Waals surface area contributed by atoms with E-state index < -0.39 is 211 Å². The number of nitrogens with zero attached hydrogens (tertiary/aromatic N) is 5. The summed E-state index contributed by atoms with van der Waals surface area (Å²) in [6.45, 7) is 10.1. The molecule has 12 amide bonds. The molecule has 39 nitrogen and oxygen atoms in total. The summed E-state index contributed by atoms with van der Waals surface area (Å²) in [5.41, 5.74) is 18.7. The number of nitrogens with one attached hydrogen (secondary N) is 9. The smallest absolute Gasteiger partial charge is 0.328 e. The van der Waals surface area contributed by atoms with E-state index in [1.807, 2.05) is 35.9 Å². The molecule has 21 N–H and O–H groups in total. The number of aliphatic carboxylic acids is 1. The Hall–Kier alpha value is -9.67. The topological polar surface area (TPSA) is 607 Å². The molecule has 0 radical (unpaired) electrons. The van der Waals surface area contributed by atoms with E-state index in [2.05, 4.69) is 59.8 Å². The van der Waals surface area contributed by atoms with Crippen molar-refractivity contribution in [1.82, 2.24) is 62.3 Å². The zero-order chi connectivity index (χ0) is 87.5. The first-order valence-electron chi connectivity index (χ1n) is 40.4. The third kappa shape index (κ3) is 34.3. The average Bonchev–Trinajstić information content (AvgIpc) is 1.62. The van der Waals surface area contributed by atoms with Gasteiger partial charge in [0.05, 0.1) is 62.6 Å². The number of aromatic nitrogens is 2. The summed E-state index contributed by atoms with van der Waals surface area (Å²) in [6.07, 6.45) is 4.21. The molecule has 2 fully saturated rings. The van der Waals surface area contributed by atoms with Gasteiger partial charge in [0.15, 0.2) is 13.2 Å². The van der Waals surface area contributed by atoms with Crippen molar-refractivity contribution in [2.45, 2.75) is 300 Å². The van der Waals surface area contributed by atoms with Crippen molar-refractivity contribution in [2.75, 3.05) is 26.2 Å². The molecule has 3 heterocycles. The SMILES string of the molecule is CCCCCCCCCCCCC[C@H](CC(=O)[O-])OC(=O)[C@H](CCCN=C(N)Cc1cn(C)[n+](C)c1)NC(=O)[C@@H](NC(=O)CNC(=O)[C@@H](NC(=O)[C@@H]1CCCN1C(=O)[C@@H](NC(=O)[C@@H](NC(=O)[C@@H]1CCCN1C(=O)[C@@H](NC(=O)[C@H](Cc1ccc(O)cc1)NC(=O)[C@@H](C)NC(=O)[C@@H](N)[C@@H](C)O)C(C)C)[C@@H](C)O)[C@@H](C)O)[C@H](O)CC(N)=O)[C@@H](C)O.Cl. The van der Waals surface area contributed by atoms with Crippen LogP contribution in [0.4, 0.5) is 0 Å².